The number of hydrogen-bond acceptors (Lipinski definition) is 5. The van der Waals surface area contributed by atoms with E-state index in [1.165, 1.54) is 11.8 Å². The highest BCUT2D eigenvalue weighted by atomic mass is 32.2. The maximum Gasteiger partial charge on any atom is 0.327 e. The van der Waals surface area contributed by atoms with Crippen molar-refractivity contribution in [2.24, 2.45) is 5.92 Å². The van der Waals surface area contributed by atoms with E-state index in [1.807, 2.05) is 12.1 Å². The molecule has 7 heteroatoms. The van der Waals surface area contributed by atoms with Gasteiger partial charge in [-0.25, -0.2) is 4.79 Å². The third-order valence-electron chi connectivity index (χ3n) is 5.19. The van der Waals surface area contributed by atoms with Crippen molar-refractivity contribution in [2.75, 3.05) is 20.0 Å². The van der Waals surface area contributed by atoms with Crippen LogP contribution in [0.3, 0.4) is 0 Å². The van der Waals surface area contributed by atoms with Gasteiger partial charge < -0.3 is 19.5 Å². The van der Waals surface area contributed by atoms with Gasteiger partial charge in [-0.2, -0.15) is 0 Å². The first kappa shape index (κ1) is 18.9. The molecule has 2 aliphatic rings. The molecular formula is C19H25NO5S. The molecule has 2 atom stereocenters. The second-order valence-electron chi connectivity index (χ2n) is 6.73. The van der Waals surface area contributed by atoms with E-state index >= 15 is 0 Å². The van der Waals surface area contributed by atoms with Crippen molar-refractivity contribution < 1.29 is 24.2 Å². The number of carboxylic acids is 1. The van der Waals surface area contributed by atoms with E-state index in [0.29, 0.717) is 17.3 Å². The Bertz CT molecular complexity index is 674. The molecule has 1 N–H and O–H groups in total. The molecule has 0 bridgehead atoms. The zero-order valence-electron chi connectivity index (χ0n) is 15.1. The standard InChI is InChI=1S/C19H25NO5S/c1-24-15-9-8-13(10-16(15)25-2)18-20(14(11-26-18)19(22)23)17(21)12-6-4-3-5-7-12/h8-10,12,14,18H,3-7,11H2,1-2H3,(H,22,23)/t14-,18+/m1/s1. The molecule has 1 saturated carbocycles. The van der Waals surface area contributed by atoms with E-state index < -0.39 is 12.0 Å². The van der Waals surface area contributed by atoms with Crippen molar-refractivity contribution in [3.63, 3.8) is 0 Å². The lowest BCUT2D eigenvalue weighted by molar-refractivity contribution is -0.151. The number of carbonyl (C=O) groups excluding carboxylic acids is 1. The van der Waals surface area contributed by atoms with Gasteiger partial charge >= 0.3 is 5.97 Å². The van der Waals surface area contributed by atoms with Gasteiger partial charge in [0.1, 0.15) is 11.4 Å². The number of thioether (sulfide) groups is 1. The highest BCUT2D eigenvalue weighted by Gasteiger charge is 2.44. The molecule has 1 aliphatic carbocycles. The van der Waals surface area contributed by atoms with E-state index in [2.05, 4.69) is 0 Å². The van der Waals surface area contributed by atoms with Crippen LogP contribution >= 0.6 is 11.8 Å². The third kappa shape index (κ3) is 3.63. The Kier molecular flexibility index (Phi) is 5.96. The van der Waals surface area contributed by atoms with E-state index in [1.54, 1.807) is 25.2 Å². The van der Waals surface area contributed by atoms with Crippen LogP contribution in [0.5, 0.6) is 11.5 Å². The van der Waals surface area contributed by atoms with E-state index in [4.69, 9.17) is 9.47 Å². The van der Waals surface area contributed by atoms with Gasteiger partial charge in [0.05, 0.1) is 14.2 Å². The number of nitrogens with zero attached hydrogens (tertiary/aromatic N) is 1. The summed E-state index contributed by atoms with van der Waals surface area (Å²) in [5.41, 5.74) is 0.862. The number of carbonyl (C=O) groups is 2. The number of ether oxygens (including phenoxy) is 2. The SMILES string of the molecule is COc1ccc([C@@H]2SC[C@H](C(=O)O)N2C(=O)C2CCCCC2)cc1OC. The van der Waals surface area contributed by atoms with E-state index in [0.717, 1.165) is 37.7 Å². The van der Waals surface area contributed by atoms with Gasteiger partial charge in [-0.1, -0.05) is 25.3 Å². The Morgan fingerprint density at radius 3 is 2.42 bits per heavy atom. The first-order chi connectivity index (χ1) is 12.6. The number of methoxy groups -OCH3 is 2. The molecule has 142 valence electrons. The molecule has 1 amide bonds. The minimum Gasteiger partial charge on any atom is -0.493 e. The summed E-state index contributed by atoms with van der Waals surface area (Å²) in [5, 5.41) is 9.31. The number of benzene rings is 1. The van der Waals surface area contributed by atoms with Crippen LogP contribution in [-0.4, -0.2) is 47.9 Å². The summed E-state index contributed by atoms with van der Waals surface area (Å²) < 4.78 is 10.6. The largest absolute Gasteiger partial charge is 0.493 e. The highest BCUT2D eigenvalue weighted by molar-refractivity contribution is 7.99. The normalized spacial score (nSPS) is 23.7. The summed E-state index contributed by atoms with van der Waals surface area (Å²) in [6, 6.07) is 4.73. The molecule has 3 rings (SSSR count). The molecule has 26 heavy (non-hydrogen) atoms. The van der Waals surface area contributed by atoms with E-state index in [9.17, 15) is 14.7 Å². The predicted octanol–water partition coefficient (Wildman–Crippen LogP) is 3.31. The van der Waals surface area contributed by atoms with Gasteiger partial charge in [0, 0.05) is 11.7 Å². The van der Waals surface area contributed by atoms with Crippen LogP contribution < -0.4 is 9.47 Å². The average molecular weight is 379 g/mol. The Hall–Kier alpha value is -1.89. The Balaban J connectivity index is 1.91. The number of rotatable bonds is 5. The summed E-state index contributed by atoms with van der Waals surface area (Å²) in [4.78, 5) is 26.5. The molecule has 0 aromatic heterocycles. The Morgan fingerprint density at radius 1 is 1.12 bits per heavy atom. The van der Waals surface area contributed by atoms with Crippen molar-refractivity contribution in [1.29, 1.82) is 0 Å². The maximum absolute atomic E-state index is 13.2. The number of aliphatic carboxylic acids is 1. The van der Waals surface area contributed by atoms with Crippen LogP contribution in [-0.2, 0) is 9.59 Å². The lowest BCUT2D eigenvalue weighted by atomic mass is 9.88. The summed E-state index contributed by atoms with van der Waals surface area (Å²) in [6.07, 6.45) is 4.93. The fraction of sp³-hybridized carbons (Fsp3) is 0.579. The molecule has 1 aromatic carbocycles. The molecule has 0 radical (unpaired) electrons. The zero-order valence-corrected chi connectivity index (χ0v) is 16.0. The van der Waals surface area contributed by atoms with Crippen molar-refractivity contribution in [3.8, 4) is 11.5 Å². The van der Waals surface area contributed by atoms with Crippen LogP contribution in [0.2, 0.25) is 0 Å². The predicted molar refractivity (Wildman–Crippen MR) is 99.6 cm³/mol. The van der Waals surface area contributed by atoms with Crippen LogP contribution in [0.15, 0.2) is 18.2 Å². The lowest BCUT2D eigenvalue weighted by Crippen LogP contribution is -2.46. The molecule has 6 nitrogen and oxygen atoms in total. The lowest BCUT2D eigenvalue weighted by Gasteiger charge is -2.32. The fourth-order valence-corrected chi connectivity index (χ4v) is 5.21. The number of amides is 1. The molecule has 1 aromatic rings. The quantitative estimate of drug-likeness (QED) is 0.846. The first-order valence-corrected chi connectivity index (χ1v) is 10.00. The smallest absolute Gasteiger partial charge is 0.327 e. The second kappa shape index (κ2) is 8.20. The Morgan fingerprint density at radius 2 is 1.81 bits per heavy atom. The number of hydrogen-bond donors (Lipinski definition) is 1. The van der Waals surface area contributed by atoms with Gasteiger partial charge in [0.2, 0.25) is 5.91 Å². The maximum atomic E-state index is 13.2. The fourth-order valence-electron chi connectivity index (χ4n) is 3.79. The Labute approximate surface area is 157 Å². The minimum atomic E-state index is -0.940. The molecule has 1 saturated heterocycles. The van der Waals surface area contributed by atoms with Crippen LogP contribution in [0.1, 0.15) is 43.0 Å². The molecule has 1 aliphatic heterocycles. The van der Waals surface area contributed by atoms with Crippen molar-refractivity contribution >= 4 is 23.6 Å². The van der Waals surface area contributed by atoms with E-state index in [-0.39, 0.29) is 17.2 Å². The third-order valence-corrected chi connectivity index (χ3v) is 6.51. The van der Waals surface area contributed by atoms with Gasteiger partial charge in [0.15, 0.2) is 11.5 Å². The highest BCUT2D eigenvalue weighted by Crippen LogP contribution is 2.45. The summed E-state index contributed by atoms with van der Waals surface area (Å²) in [5.74, 6) is 0.555. The van der Waals surface area contributed by atoms with Gasteiger partial charge in [-0.3, -0.25) is 4.79 Å². The van der Waals surface area contributed by atoms with Gasteiger partial charge in [-0.15, -0.1) is 11.8 Å². The summed E-state index contributed by atoms with van der Waals surface area (Å²) >= 11 is 1.49. The molecule has 2 fully saturated rings. The summed E-state index contributed by atoms with van der Waals surface area (Å²) in [6.45, 7) is 0. The number of carboxylic acid groups (broad SMARTS) is 1. The van der Waals surface area contributed by atoms with Crippen molar-refractivity contribution in [2.45, 2.75) is 43.5 Å². The van der Waals surface area contributed by atoms with Gasteiger partial charge in [-0.05, 0) is 30.5 Å². The molecular weight excluding hydrogens is 354 g/mol. The second-order valence-corrected chi connectivity index (χ2v) is 7.85. The molecule has 0 spiro atoms. The molecule has 1 heterocycles. The van der Waals surface area contributed by atoms with Gasteiger partial charge in [0.25, 0.3) is 0 Å². The monoisotopic (exact) mass is 379 g/mol. The van der Waals surface area contributed by atoms with Crippen LogP contribution in [0, 0.1) is 5.92 Å². The topological polar surface area (TPSA) is 76.1 Å². The molecule has 0 unspecified atom stereocenters. The first-order valence-electron chi connectivity index (χ1n) is 8.95. The van der Waals surface area contributed by atoms with Crippen LogP contribution in [0.4, 0.5) is 0 Å². The average Bonchev–Trinajstić information content (AvgIpc) is 3.12. The van der Waals surface area contributed by atoms with Crippen molar-refractivity contribution in [3.05, 3.63) is 23.8 Å². The minimum absolute atomic E-state index is 0.0260. The zero-order chi connectivity index (χ0) is 18.7. The summed E-state index contributed by atoms with van der Waals surface area (Å²) in [7, 11) is 3.13. The van der Waals surface area contributed by atoms with Crippen LogP contribution in [0.25, 0.3) is 0 Å². The van der Waals surface area contributed by atoms with Crippen molar-refractivity contribution in [1.82, 2.24) is 4.90 Å².